The maximum atomic E-state index is 13.0. The lowest BCUT2D eigenvalue weighted by Crippen LogP contribution is -2.48. The van der Waals surface area contributed by atoms with E-state index in [1.165, 1.54) is 32.4 Å². The van der Waals surface area contributed by atoms with E-state index in [-0.39, 0.29) is 5.91 Å². The Morgan fingerprint density at radius 3 is 2.48 bits per heavy atom. The molecule has 2 aliphatic rings. The highest BCUT2D eigenvalue weighted by molar-refractivity contribution is 5.93. The number of carbonyl (C=O) groups is 1. The highest BCUT2D eigenvalue weighted by Gasteiger charge is 2.28. The van der Waals surface area contributed by atoms with Gasteiger partial charge in [0.1, 0.15) is 17.2 Å². The quantitative estimate of drug-likeness (QED) is 0.838. The number of H-pyrrole nitrogens is 1. The number of hydrogen-bond donors (Lipinski definition) is 1. The van der Waals surface area contributed by atoms with Gasteiger partial charge in [0, 0.05) is 30.8 Å². The molecule has 0 atom stereocenters. The van der Waals surface area contributed by atoms with Gasteiger partial charge in [-0.2, -0.15) is 5.10 Å². The molecule has 7 heteroatoms. The lowest BCUT2D eigenvalue weighted by atomic mass is 9.99. The van der Waals surface area contributed by atoms with Crippen LogP contribution in [0.3, 0.4) is 0 Å². The predicted molar refractivity (Wildman–Crippen MR) is 111 cm³/mol. The molecule has 4 rings (SSSR count). The molecule has 2 fully saturated rings. The summed E-state index contributed by atoms with van der Waals surface area (Å²) in [7, 11) is 3.23. The maximum Gasteiger partial charge on any atom is 0.271 e. The molecule has 1 N–H and O–H groups in total. The van der Waals surface area contributed by atoms with E-state index in [0.717, 1.165) is 31.5 Å². The molecular weight excluding hydrogens is 368 g/mol. The Morgan fingerprint density at radius 1 is 1.03 bits per heavy atom. The minimum absolute atomic E-state index is 0.0216. The van der Waals surface area contributed by atoms with Crippen molar-refractivity contribution in [3.05, 3.63) is 30.0 Å². The van der Waals surface area contributed by atoms with Crippen LogP contribution in [0.25, 0.3) is 11.3 Å². The van der Waals surface area contributed by atoms with Gasteiger partial charge in [-0.15, -0.1) is 0 Å². The average molecular weight is 399 g/mol. The predicted octanol–water partition coefficient (Wildman–Crippen LogP) is 3.18. The number of aromatic amines is 1. The molecule has 0 saturated carbocycles. The molecule has 2 aliphatic heterocycles. The van der Waals surface area contributed by atoms with Gasteiger partial charge in [-0.25, -0.2) is 0 Å². The number of nitrogens with one attached hydrogen (secondary N) is 1. The first-order chi connectivity index (χ1) is 14.2. The normalized spacial score (nSPS) is 18.6. The number of piperidine rings is 2. The van der Waals surface area contributed by atoms with E-state index < -0.39 is 0 Å². The van der Waals surface area contributed by atoms with Gasteiger partial charge in [0.25, 0.3) is 5.91 Å². The highest BCUT2D eigenvalue weighted by Crippen LogP contribution is 2.32. The topological polar surface area (TPSA) is 70.7 Å². The van der Waals surface area contributed by atoms with Crippen LogP contribution in [0.15, 0.2) is 24.3 Å². The van der Waals surface area contributed by atoms with E-state index in [1.807, 2.05) is 29.2 Å². The average Bonchev–Trinajstić information content (AvgIpc) is 3.29. The molecule has 0 unspecified atom stereocenters. The van der Waals surface area contributed by atoms with Crippen molar-refractivity contribution < 1.29 is 14.3 Å². The zero-order chi connectivity index (χ0) is 20.2. The molecule has 2 aromatic rings. The molecule has 0 spiro atoms. The Kier molecular flexibility index (Phi) is 6.04. The van der Waals surface area contributed by atoms with Crippen LogP contribution in [-0.4, -0.2) is 72.3 Å². The fourth-order valence-electron chi connectivity index (χ4n) is 4.47. The van der Waals surface area contributed by atoms with Crippen LogP contribution in [0, 0.1) is 0 Å². The van der Waals surface area contributed by atoms with Crippen molar-refractivity contribution >= 4 is 5.91 Å². The summed E-state index contributed by atoms with van der Waals surface area (Å²) in [6.07, 6.45) is 6.09. The zero-order valence-electron chi connectivity index (χ0n) is 17.3. The molecule has 1 aromatic carbocycles. The van der Waals surface area contributed by atoms with Gasteiger partial charge in [-0.3, -0.25) is 9.89 Å². The molecule has 1 amide bonds. The number of aromatic nitrogens is 2. The lowest BCUT2D eigenvalue weighted by molar-refractivity contribution is 0.0585. The van der Waals surface area contributed by atoms with Crippen molar-refractivity contribution in [2.75, 3.05) is 40.4 Å². The lowest BCUT2D eigenvalue weighted by Gasteiger charge is -2.40. The minimum Gasteiger partial charge on any atom is -0.497 e. The van der Waals surface area contributed by atoms with Gasteiger partial charge in [-0.05, 0) is 57.0 Å². The number of likely N-dealkylation sites (tertiary alicyclic amines) is 2. The van der Waals surface area contributed by atoms with Gasteiger partial charge < -0.3 is 19.3 Å². The van der Waals surface area contributed by atoms with Gasteiger partial charge in [0.2, 0.25) is 0 Å². The molecule has 7 nitrogen and oxygen atoms in total. The van der Waals surface area contributed by atoms with Crippen LogP contribution in [0.2, 0.25) is 0 Å². The summed E-state index contributed by atoms with van der Waals surface area (Å²) in [6, 6.07) is 8.01. The van der Waals surface area contributed by atoms with E-state index >= 15 is 0 Å². The van der Waals surface area contributed by atoms with Crippen LogP contribution in [0.5, 0.6) is 11.5 Å². The van der Waals surface area contributed by atoms with E-state index in [9.17, 15) is 4.79 Å². The summed E-state index contributed by atoms with van der Waals surface area (Å²) in [5.74, 6) is 1.40. The second-order valence-electron chi connectivity index (χ2n) is 7.85. The number of methoxy groups -OCH3 is 2. The van der Waals surface area contributed by atoms with E-state index in [2.05, 4.69) is 15.1 Å². The summed E-state index contributed by atoms with van der Waals surface area (Å²) in [5, 5.41) is 7.27. The SMILES string of the molecule is COc1ccc(-c2cc(C(=O)N3CCC(N4CCCCC4)CC3)[nH]n2)c(OC)c1. The Morgan fingerprint density at radius 2 is 1.79 bits per heavy atom. The molecule has 0 aliphatic carbocycles. The third-order valence-electron chi connectivity index (χ3n) is 6.15. The summed E-state index contributed by atoms with van der Waals surface area (Å²) in [4.78, 5) is 17.5. The molecule has 3 heterocycles. The Balaban J connectivity index is 1.41. The van der Waals surface area contributed by atoms with E-state index in [4.69, 9.17) is 9.47 Å². The van der Waals surface area contributed by atoms with Crippen LogP contribution < -0.4 is 9.47 Å². The minimum atomic E-state index is 0.0216. The van der Waals surface area contributed by atoms with Crippen molar-refractivity contribution in [3.63, 3.8) is 0 Å². The summed E-state index contributed by atoms with van der Waals surface area (Å²) in [6.45, 7) is 4.04. The maximum absolute atomic E-state index is 13.0. The molecule has 0 bridgehead atoms. The highest BCUT2D eigenvalue weighted by atomic mass is 16.5. The Labute approximate surface area is 172 Å². The van der Waals surface area contributed by atoms with Gasteiger partial charge >= 0.3 is 0 Å². The molecule has 2 saturated heterocycles. The van der Waals surface area contributed by atoms with Crippen molar-refractivity contribution in [3.8, 4) is 22.8 Å². The number of hydrogen-bond acceptors (Lipinski definition) is 5. The smallest absolute Gasteiger partial charge is 0.271 e. The van der Waals surface area contributed by atoms with Crippen LogP contribution >= 0.6 is 0 Å². The van der Waals surface area contributed by atoms with E-state index in [0.29, 0.717) is 28.9 Å². The summed E-state index contributed by atoms with van der Waals surface area (Å²) < 4.78 is 10.7. The molecular formula is C22H30N4O3. The first-order valence-electron chi connectivity index (χ1n) is 10.5. The van der Waals surface area contributed by atoms with Gasteiger partial charge in [0.15, 0.2) is 0 Å². The van der Waals surface area contributed by atoms with Crippen molar-refractivity contribution in [1.29, 1.82) is 0 Å². The van der Waals surface area contributed by atoms with Crippen molar-refractivity contribution in [2.24, 2.45) is 0 Å². The van der Waals surface area contributed by atoms with Gasteiger partial charge in [-0.1, -0.05) is 6.42 Å². The summed E-state index contributed by atoms with van der Waals surface area (Å²) in [5.41, 5.74) is 2.04. The fraction of sp³-hybridized carbons (Fsp3) is 0.545. The number of amides is 1. The second-order valence-corrected chi connectivity index (χ2v) is 7.85. The fourth-order valence-corrected chi connectivity index (χ4v) is 4.47. The monoisotopic (exact) mass is 398 g/mol. The molecule has 29 heavy (non-hydrogen) atoms. The largest absolute Gasteiger partial charge is 0.497 e. The number of ether oxygens (including phenoxy) is 2. The van der Waals surface area contributed by atoms with Crippen LogP contribution in [0.1, 0.15) is 42.6 Å². The second kappa shape index (κ2) is 8.86. The van der Waals surface area contributed by atoms with Crippen molar-refractivity contribution in [1.82, 2.24) is 20.0 Å². The van der Waals surface area contributed by atoms with E-state index in [1.54, 1.807) is 14.2 Å². The number of nitrogens with zero attached hydrogens (tertiary/aromatic N) is 3. The molecule has 0 radical (unpaired) electrons. The molecule has 156 valence electrons. The Bertz CT molecular complexity index is 836. The zero-order valence-corrected chi connectivity index (χ0v) is 17.3. The standard InChI is InChI=1S/C22H30N4O3/c1-28-17-6-7-18(21(14-17)29-2)19-15-20(24-23-19)22(27)26-12-8-16(9-13-26)25-10-4-3-5-11-25/h6-7,14-16H,3-5,8-13H2,1-2H3,(H,23,24). The Hall–Kier alpha value is -2.54. The summed E-state index contributed by atoms with van der Waals surface area (Å²) >= 11 is 0. The first-order valence-corrected chi connectivity index (χ1v) is 10.5. The third-order valence-corrected chi connectivity index (χ3v) is 6.15. The number of rotatable bonds is 5. The molecule has 1 aromatic heterocycles. The van der Waals surface area contributed by atoms with Crippen molar-refractivity contribution in [2.45, 2.75) is 38.1 Å². The van der Waals surface area contributed by atoms with Crippen LogP contribution in [0.4, 0.5) is 0 Å². The third kappa shape index (κ3) is 4.24. The first kappa shape index (κ1) is 19.8. The van der Waals surface area contributed by atoms with Crippen LogP contribution in [-0.2, 0) is 0 Å². The number of benzene rings is 1. The van der Waals surface area contributed by atoms with Gasteiger partial charge in [0.05, 0.1) is 19.9 Å². The number of carbonyl (C=O) groups excluding carboxylic acids is 1.